The van der Waals surface area contributed by atoms with Crippen molar-refractivity contribution in [2.75, 3.05) is 59.0 Å². The third-order valence-corrected chi connectivity index (χ3v) is 4.31. The highest BCUT2D eigenvalue weighted by molar-refractivity contribution is 5.86. The third kappa shape index (κ3) is 14.3. The van der Waals surface area contributed by atoms with Crippen molar-refractivity contribution in [2.45, 2.75) is 6.92 Å². The van der Waals surface area contributed by atoms with Crippen LogP contribution in [0.5, 0.6) is 11.5 Å². The van der Waals surface area contributed by atoms with Gasteiger partial charge in [0, 0.05) is 45.8 Å². The molecule has 0 aliphatic carbocycles. The molecule has 0 spiro atoms. The van der Waals surface area contributed by atoms with E-state index in [1.165, 1.54) is 0 Å². The van der Waals surface area contributed by atoms with Gasteiger partial charge in [-0.3, -0.25) is 4.90 Å². The highest BCUT2D eigenvalue weighted by Gasteiger charge is 2.02. The summed E-state index contributed by atoms with van der Waals surface area (Å²) in [4.78, 5) is 2.26. The van der Waals surface area contributed by atoms with Gasteiger partial charge in [-0.25, -0.2) is 0 Å². The van der Waals surface area contributed by atoms with E-state index >= 15 is 0 Å². The Bertz CT molecular complexity index is 730. The van der Waals surface area contributed by atoms with Gasteiger partial charge in [0.05, 0.1) is 18.0 Å². The number of nitrogens with one attached hydrogen (secondary N) is 1. The summed E-state index contributed by atoms with van der Waals surface area (Å²) in [6.07, 6.45) is 0. The van der Waals surface area contributed by atoms with Crippen LogP contribution in [-0.2, 0) is 0 Å². The summed E-state index contributed by atoms with van der Waals surface area (Å²) in [6, 6.07) is 15.1. The van der Waals surface area contributed by atoms with Gasteiger partial charge in [0.2, 0.25) is 0 Å². The molecule has 0 bridgehead atoms. The Labute approximate surface area is 215 Å². The maximum atomic E-state index is 5.76. The summed E-state index contributed by atoms with van der Waals surface area (Å²) in [7, 11) is 0. The van der Waals surface area contributed by atoms with Crippen LogP contribution in [-0.4, -0.2) is 63.9 Å². The average Bonchev–Trinajstić information content (AvgIpc) is 2.77. The molecular weight excluding hydrogens is 487 g/mol. The fourth-order valence-corrected chi connectivity index (χ4v) is 2.80. The first-order valence-electron chi connectivity index (χ1n) is 10.5. The summed E-state index contributed by atoms with van der Waals surface area (Å²) >= 11 is 0. The monoisotopic (exact) mass is 522 g/mol. The first-order chi connectivity index (χ1) is 14.7. The molecule has 0 fully saturated rings. The van der Waals surface area contributed by atoms with Crippen molar-refractivity contribution in [3.05, 3.63) is 48.5 Å². The van der Waals surface area contributed by atoms with Gasteiger partial charge >= 0.3 is 0 Å². The second kappa shape index (κ2) is 20.9. The van der Waals surface area contributed by atoms with Crippen molar-refractivity contribution in [3.8, 4) is 11.5 Å². The normalized spacial score (nSPS) is 10.3. The van der Waals surface area contributed by atoms with Gasteiger partial charge in [-0.05, 0) is 55.5 Å². The molecule has 0 aliphatic heterocycles. The van der Waals surface area contributed by atoms with Crippen molar-refractivity contribution in [2.24, 2.45) is 21.7 Å². The fraction of sp³-hybridized carbons (Fsp3) is 0.455. The Morgan fingerprint density at radius 2 is 1.21 bits per heavy atom. The standard InChI is InChI=1S/C22H34N6O2.3ClH/c1-2-29-21-7-3-19(4-8-21)26-27-20-5-9-22(10-6-20)30-18-14-25-13-17-28(15-11-23)16-12-24;;;/h3-10,25H,2,11-18,23-24H2,1H3;3*1H. The first kappa shape index (κ1) is 33.5. The molecule has 11 heteroatoms. The molecule has 0 saturated carbocycles. The van der Waals surface area contributed by atoms with Crippen LogP contribution < -0.4 is 26.3 Å². The third-order valence-electron chi connectivity index (χ3n) is 4.31. The highest BCUT2D eigenvalue weighted by atomic mass is 35.5. The predicted octanol–water partition coefficient (Wildman–Crippen LogP) is 3.95. The number of nitrogens with two attached hydrogens (primary N) is 2. The largest absolute Gasteiger partial charge is 0.494 e. The van der Waals surface area contributed by atoms with Crippen LogP contribution >= 0.6 is 37.2 Å². The zero-order chi connectivity index (χ0) is 21.4. The number of hydrogen-bond acceptors (Lipinski definition) is 8. The zero-order valence-corrected chi connectivity index (χ0v) is 21.5. The van der Waals surface area contributed by atoms with Crippen LogP contribution in [0, 0.1) is 0 Å². The maximum Gasteiger partial charge on any atom is 0.119 e. The van der Waals surface area contributed by atoms with Gasteiger partial charge < -0.3 is 26.3 Å². The van der Waals surface area contributed by atoms with Crippen LogP contribution in [0.25, 0.3) is 0 Å². The number of rotatable bonds is 15. The molecule has 0 atom stereocenters. The first-order valence-corrected chi connectivity index (χ1v) is 10.5. The predicted molar refractivity (Wildman–Crippen MR) is 143 cm³/mol. The van der Waals surface area contributed by atoms with Gasteiger partial charge in [0.1, 0.15) is 18.1 Å². The molecule has 0 aliphatic rings. The Balaban J connectivity index is 0. The van der Waals surface area contributed by atoms with E-state index in [4.69, 9.17) is 20.9 Å². The van der Waals surface area contributed by atoms with Crippen LogP contribution in [0.1, 0.15) is 6.92 Å². The van der Waals surface area contributed by atoms with Gasteiger partial charge in [-0.1, -0.05) is 0 Å². The molecule has 0 saturated heterocycles. The lowest BCUT2D eigenvalue weighted by atomic mass is 10.3. The topological polar surface area (TPSA) is 110 Å². The minimum atomic E-state index is 0. The second-order valence-corrected chi connectivity index (χ2v) is 6.64. The smallest absolute Gasteiger partial charge is 0.119 e. The minimum Gasteiger partial charge on any atom is -0.494 e. The number of hydrogen-bond donors (Lipinski definition) is 3. The number of ether oxygens (including phenoxy) is 2. The molecule has 0 unspecified atom stereocenters. The van der Waals surface area contributed by atoms with Crippen molar-refractivity contribution >= 4 is 48.6 Å². The molecule has 8 nitrogen and oxygen atoms in total. The Hall–Kier alpha value is -1.65. The van der Waals surface area contributed by atoms with E-state index < -0.39 is 0 Å². The van der Waals surface area contributed by atoms with E-state index in [1.807, 2.05) is 55.5 Å². The van der Waals surface area contributed by atoms with E-state index in [0.29, 0.717) is 26.3 Å². The molecule has 5 N–H and O–H groups in total. The molecule has 0 radical (unpaired) electrons. The van der Waals surface area contributed by atoms with E-state index in [2.05, 4.69) is 20.4 Å². The number of azo groups is 1. The van der Waals surface area contributed by atoms with Crippen LogP contribution in [0.2, 0.25) is 0 Å². The second-order valence-electron chi connectivity index (χ2n) is 6.64. The summed E-state index contributed by atoms with van der Waals surface area (Å²) in [5.41, 5.74) is 12.8. The number of benzene rings is 2. The van der Waals surface area contributed by atoms with E-state index in [-0.39, 0.29) is 37.2 Å². The van der Waals surface area contributed by atoms with Gasteiger partial charge in [-0.2, -0.15) is 10.2 Å². The molecule has 0 aromatic heterocycles. The average molecular weight is 524 g/mol. The lowest BCUT2D eigenvalue weighted by Crippen LogP contribution is -2.39. The van der Waals surface area contributed by atoms with E-state index in [9.17, 15) is 0 Å². The number of nitrogens with zero attached hydrogens (tertiary/aromatic N) is 3. The molecule has 33 heavy (non-hydrogen) atoms. The van der Waals surface area contributed by atoms with Crippen LogP contribution in [0.3, 0.4) is 0 Å². The van der Waals surface area contributed by atoms with E-state index in [0.717, 1.165) is 55.6 Å². The van der Waals surface area contributed by atoms with Gasteiger partial charge in [-0.15, -0.1) is 37.2 Å². The van der Waals surface area contributed by atoms with Crippen molar-refractivity contribution < 1.29 is 9.47 Å². The molecule has 188 valence electrons. The van der Waals surface area contributed by atoms with Crippen molar-refractivity contribution in [3.63, 3.8) is 0 Å². The molecule has 0 heterocycles. The lowest BCUT2D eigenvalue weighted by Gasteiger charge is -2.20. The number of halogens is 3. The molecular formula is C22H37Cl3N6O2. The summed E-state index contributed by atoms with van der Waals surface area (Å²) in [5.74, 6) is 1.64. The van der Waals surface area contributed by atoms with Crippen LogP contribution in [0.15, 0.2) is 58.8 Å². The summed E-state index contributed by atoms with van der Waals surface area (Å²) < 4.78 is 11.2. The Morgan fingerprint density at radius 3 is 1.67 bits per heavy atom. The molecule has 0 amide bonds. The molecule has 2 aromatic carbocycles. The zero-order valence-electron chi connectivity index (χ0n) is 19.0. The molecule has 2 aromatic rings. The quantitative estimate of drug-likeness (QED) is 0.241. The van der Waals surface area contributed by atoms with Crippen molar-refractivity contribution in [1.82, 2.24) is 10.2 Å². The maximum absolute atomic E-state index is 5.76. The summed E-state index contributed by atoms with van der Waals surface area (Å²) in [6.45, 7) is 8.84. The lowest BCUT2D eigenvalue weighted by molar-refractivity contribution is 0.276. The SMILES string of the molecule is CCOc1ccc(N=Nc2ccc(OCCNCCN(CCN)CCN)cc2)cc1.Cl.Cl.Cl. The van der Waals surface area contributed by atoms with E-state index in [1.54, 1.807) is 0 Å². The van der Waals surface area contributed by atoms with Crippen molar-refractivity contribution in [1.29, 1.82) is 0 Å². The Morgan fingerprint density at radius 1 is 0.727 bits per heavy atom. The van der Waals surface area contributed by atoms with Gasteiger partial charge in [0.15, 0.2) is 0 Å². The minimum absolute atomic E-state index is 0. The molecule has 2 rings (SSSR count). The Kier molecular flexibility index (Phi) is 21.3. The highest BCUT2D eigenvalue weighted by Crippen LogP contribution is 2.23. The van der Waals surface area contributed by atoms with Gasteiger partial charge in [0.25, 0.3) is 0 Å². The fourth-order valence-electron chi connectivity index (χ4n) is 2.80. The summed E-state index contributed by atoms with van der Waals surface area (Å²) in [5, 5.41) is 11.9. The van der Waals surface area contributed by atoms with Crippen LogP contribution in [0.4, 0.5) is 11.4 Å².